The van der Waals surface area contributed by atoms with Crippen molar-refractivity contribution >= 4 is 5.69 Å². The zero-order chi connectivity index (χ0) is 14.5. The van der Waals surface area contributed by atoms with E-state index in [1.807, 2.05) is 0 Å². The Bertz CT molecular complexity index is 433. The molecule has 0 atom stereocenters. The van der Waals surface area contributed by atoms with Gasteiger partial charge in [-0.05, 0) is 57.1 Å². The maximum Gasteiger partial charge on any atom is 0.126 e. The Labute approximate surface area is 123 Å². The summed E-state index contributed by atoms with van der Waals surface area (Å²) in [4.78, 5) is 0. The molecule has 1 N–H and O–H groups in total. The lowest BCUT2D eigenvalue weighted by Gasteiger charge is -2.30. The van der Waals surface area contributed by atoms with Crippen LogP contribution in [0.3, 0.4) is 0 Å². The summed E-state index contributed by atoms with van der Waals surface area (Å²) in [6, 6.07) is 4.98. The lowest BCUT2D eigenvalue weighted by Crippen LogP contribution is -2.26. The normalized spacial score (nSPS) is 22.6. The molecule has 112 valence electrons. The summed E-state index contributed by atoms with van der Waals surface area (Å²) in [6.45, 7) is 6.55. The van der Waals surface area contributed by atoms with Gasteiger partial charge in [-0.15, -0.1) is 0 Å². The van der Waals surface area contributed by atoms with E-state index in [1.165, 1.54) is 55.3 Å². The van der Waals surface area contributed by atoms with Gasteiger partial charge in [0.1, 0.15) is 5.75 Å². The van der Waals surface area contributed by atoms with Gasteiger partial charge >= 0.3 is 0 Å². The molecule has 1 aliphatic rings. The molecule has 0 unspecified atom stereocenters. The third kappa shape index (κ3) is 3.47. The Kier molecular flexibility index (Phi) is 5.33. The number of rotatable bonds is 5. The van der Waals surface area contributed by atoms with Gasteiger partial charge < -0.3 is 10.1 Å². The van der Waals surface area contributed by atoms with E-state index in [2.05, 4.69) is 38.2 Å². The Morgan fingerprint density at radius 3 is 2.45 bits per heavy atom. The van der Waals surface area contributed by atoms with E-state index in [9.17, 15) is 0 Å². The first-order chi connectivity index (χ1) is 9.65. The predicted molar refractivity (Wildman–Crippen MR) is 86.7 cm³/mol. The Hall–Kier alpha value is -1.18. The average Bonchev–Trinajstić information content (AvgIpc) is 2.45. The fraction of sp³-hybridized carbons (Fsp3) is 0.667. The van der Waals surface area contributed by atoms with E-state index in [0.717, 1.165) is 11.7 Å². The molecule has 2 rings (SSSR count). The molecule has 0 bridgehead atoms. The molecule has 0 radical (unpaired) electrons. The minimum Gasteiger partial charge on any atom is -0.496 e. The minimum absolute atomic E-state index is 0.634. The van der Waals surface area contributed by atoms with Crippen molar-refractivity contribution in [3.63, 3.8) is 0 Å². The number of anilines is 1. The topological polar surface area (TPSA) is 21.3 Å². The second kappa shape index (κ2) is 7.01. The Morgan fingerprint density at radius 2 is 1.85 bits per heavy atom. The molecule has 0 saturated heterocycles. The van der Waals surface area contributed by atoms with Gasteiger partial charge in [0.2, 0.25) is 0 Å². The van der Waals surface area contributed by atoms with Crippen molar-refractivity contribution < 1.29 is 4.74 Å². The number of methoxy groups -OCH3 is 1. The van der Waals surface area contributed by atoms with Crippen LogP contribution < -0.4 is 10.1 Å². The molecule has 2 heteroatoms. The number of hydrogen-bond acceptors (Lipinski definition) is 2. The summed E-state index contributed by atoms with van der Waals surface area (Å²) >= 11 is 0. The number of aryl methyl sites for hydroxylation is 1. The monoisotopic (exact) mass is 275 g/mol. The van der Waals surface area contributed by atoms with E-state index in [-0.39, 0.29) is 0 Å². The maximum absolute atomic E-state index is 5.51. The first-order valence-electron chi connectivity index (χ1n) is 8.06. The highest BCUT2D eigenvalue weighted by Crippen LogP contribution is 2.33. The smallest absolute Gasteiger partial charge is 0.126 e. The molecule has 1 saturated carbocycles. The second-order valence-corrected chi connectivity index (χ2v) is 6.24. The van der Waals surface area contributed by atoms with Crippen LogP contribution in [-0.4, -0.2) is 13.2 Å². The van der Waals surface area contributed by atoms with Crippen molar-refractivity contribution in [1.82, 2.24) is 0 Å². The molecule has 2 nitrogen and oxygen atoms in total. The van der Waals surface area contributed by atoms with Gasteiger partial charge in [-0.3, -0.25) is 0 Å². The molecule has 1 aromatic carbocycles. The summed E-state index contributed by atoms with van der Waals surface area (Å²) in [5, 5.41) is 3.73. The van der Waals surface area contributed by atoms with Crippen molar-refractivity contribution in [2.45, 2.75) is 65.3 Å². The van der Waals surface area contributed by atoms with Gasteiger partial charge in [0.15, 0.2) is 0 Å². The summed E-state index contributed by atoms with van der Waals surface area (Å²) in [7, 11) is 1.76. The molecule has 0 heterocycles. The zero-order valence-corrected chi connectivity index (χ0v) is 13.5. The standard InChI is InChI=1S/C18H29NO/c1-5-6-15-8-10-16(11-9-15)19-17-12-7-13(2)18(20-4)14(17)3/h7,12,15-16,19H,5-6,8-11H2,1-4H3. The van der Waals surface area contributed by atoms with Crippen LogP contribution in [0.15, 0.2) is 12.1 Å². The highest BCUT2D eigenvalue weighted by Gasteiger charge is 2.21. The van der Waals surface area contributed by atoms with Crippen LogP contribution in [0.25, 0.3) is 0 Å². The van der Waals surface area contributed by atoms with Crippen LogP contribution in [0.2, 0.25) is 0 Å². The van der Waals surface area contributed by atoms with Gasteiger partial charge in [0.05, 0.1) is 7.11 Å². The number of nitrogens with one attached hydrogen (secondary N) is 1. The maximum atomic E-state index is 5.51. The third-order valence-electron chi connectivity index (χ3n) is 4.71. The Morgan fingerprint density at radius 1 is 1.15 bits per heavy atom. The SMILES string of the molecule is CCCC1CCC(Nc2ccc(C)c(OC)c2C)CC1. The quantitative estimate of drug-likeness (QED) is 0.808. The van der Waals surface area contributed by atoms with Crippen LogP contribution in [0.1, 0.15) is 56.6 Å². The number of hydrogen-bond donors (Lipinski definition) is 1. The fourth-order valence-corrected chi connectivity index (χ4v) is 3.52. The van der Waals surface area contributed by atoms with Crippen LogP contribution in [0.4, 0.5) is 5.69 Å². The zero-order valence-electron chi connectivity index (χ0n) is 13.5. The van der Waals surface area contributed by atoms with Crippen molar-refractivity contribution in [1.29, 1.82) is 0 Å². The second-order valence-electron chi connectivity index (χ2n) is 6.24. The molecular formula is C18H29NO. The van der Waals surface area contributed by atoms with Crippen LogP contribution in [0.5, 0.6) is 5.75 Å². The third-order valence-corrected chi connectivity index (χ3v) is 4.71. The molecule has 0 aliphatic heterocycles. The molecule has 0 spiro atoms. The van der Waals surface area contributed by atoms with Gasteiger partial charge in [-0.2, -0.15) is 0 Å². The van der Waals surface area contributed by atoms with E-state index in [0.29, 0.717) is 6.04 Å². The summed E-state index contributed by atoms with van der Waals surface area (Å²) in [5.41, 5.74) is 3.69. The van der Waals surface area contributed by atoms with Gasteiger partial charge in [-0.1, -0.05) is 25.8 Å². The lowest BCUT2D eigenvalue weighted by molar-refractivity contribution is 0.319. The first kappa shape index (κ1) is 15.2. The Balaban J connectivity index is 1.98. The number of benzene rings is 1. The highest BCUT2D eigenvalue weighted by molar-refractivity contribution is 5.60. The molecule has 1 fully saturated rings. The molecular weight excluding hydrogens is 246 g/mol. The highest BCUT2D eigenvalue weighted by atomic mass is 16.5. The minimum atomic E-state index is 0.634. The van der Waals surface area contributed by atoms with Crippen molar-refractivity contribution in [2.24, 2.45) is 5.92 Å². The van der Waals surface area contributed by atoms with E-state index >= 15 is 0 Å². The van der Waals surface area contributed by atoms with E-state index in [1.54, 1.807) is 7.11 Å². The molecule has 0 aromatic heterocycles. The van der Waals surface area contributed by atoms with Crippen molar-refractivity contribution in [2.75, 3.05) is 12.4 Å². The molecule has 20 heavy (non-hydrogen) atoms. The van der Waals surface area contributed by atoms with E-state index < -0.39 is 0 Å². The molecule has 1 aliphatic carbocycles. The van der Waals surface area contributed by atoms with Crippen LogP contribution in [-0.2, 0) is 0 Å². The largest absolute Gasteiger partial charge is 0.496 e. The van der Waals surface area contributed by atoms with Crippen LogP contribution >= 0.6 is 0 Å². The average molecular weight is 275 g/mol. The van der Waals surface area contributed by atoms with Crippen LogP contribution in [0, 0.1) is 19.8 Å². The number of ether oxygens (including phenoxy) is 1. The van der Waals surface area contributed by atoms with Gasteiger partial charge in [0.25, 0.3) is 0 Å². The summed E-state index contributed by atoms with van der Waals surface area (Å²) < 4.78 is 5.51. The lowest BCUT2D eigenvalue weighted by atomic mass is 9.83. The van der Waals surface area contributed by atoms with Crippen molar-refractivity contribution in [3.05, 3.63) is 23.3 Å². The first-order valence-corrected chi connectivity index (χ1v) is 8.06. The summed E-state index contributed by atoms with van der Waals surface area (Å²) in [6.07, 6.45) is 8.11. The van der Waals surface area contributed by atoms with Crippen molar-refractivity contribution in [3.8, 4) is 5.75 Å². The molecule has 0 amide bonds. The van der Waals surface area contributed by atoms with E-state index in [4.69, 9.17) is 4.74 Å². The van der Waals surface area contributed by atoms with Gasteiger partial charge in [-0.25, -0.2) is 0 Å². The predicted octanol–water partition coefficient (Wildman–Crippen LogP) is 5.08. The molecule has 1 aromatic rings. The summed E-state index contributed by atoms with van der Waals surface area (Å²) in [5.74, 6) is 1.99. The van der Waals surface area contributed by atoms with Gasteiger partial charge in [0, 0.05) is 17.3 Å². The fourth-order valence-electron chi connectivity index (χ4n) is 3.52.